The summed E-state index contributed by atoms with van der Waals surface area (Å²) in [5.74, 6) is 0. The standard InChI is InChI=1S/C17H21N/c1-3-18(2)14-13-15-9-11-17(12-10-15)16-7-5-4-6-8-16/h4-12H,3,13-14H2,1-2H3. The second-order valence-electron chi connectivity index (χ2n) is 4.71. The molecule has 0 aliphatic rings. The van der Waals surface area contributed by atoms with Crippen molar-refractivity contribution in [1.82, 2.24) is 4.90 Å². The van der Waals surface area contributed by atoms with Crippen molar-refractivity contribution in [2.45, 2.75) is 13.3 Å². The van der Waals surface area contributed by atoms with Gasteiger partial charge in [-0.1, -0.05) is 61.5 Å². The molecule has 2 aromatic rings. The van der Waals surface area contributed by atoms with Crippen LogP contribution in [0.1, 0.15) is 12.5 Å². The third-order valence-electron chi connectivity index (χ3n) is 3.38. The fourth-order valence-corrected chi connectivity index (χ4v) is 1.97. The van der Waals surface area contributed by atoms with Gasteiger partial charge in [0.25, 0.3) is 0 Å². The Morgan fingerprint density at radius 3 is 2.06 bits per heavy atom. The zero-order chi connectivity index (χ0) is 12.8. The molecule has 0 atom stereocenters. The Morgan fingerprint density at radius 2 is 1.44 bits per heavy atom. The zero-order valence-corrected chi connectivity index (χ0v) is 11.3. The summed E-state index contributed by atoms with van der Waals surface area (Å²) >= 11 is 0. The highest BCUT2D eigenvalue weighted by molar-refractivity contribution is 5.63. The minimum atomic E-state index is 1.11. The molecule has 0 saturated carbocycles. The summed E-state index contributed by atoms with van der Waals surface area (Å²) in [7, 11) is 2.17. The lowest BCUT2D eigenvalue weighted by Gasteiger charge is -2.13. The maximum absolute atomic E-state index is 2.34. The first-order chi connectivity index (χ1) is 8.79. The Bertz CT molecular complexity index is 459. The maximum atomic E-state index is 2.34. The van der Waals surface area contributed by atoms with Crippen LogP contribution in [-0.4, -0.2) is 25.0 Å². The molecule has 18 heavy (non-hydrogen) atoms. The third-order valence-corrected chi connectivity index (χ3v) is 3.38. The summed E-state index contributed by atoms with van der Waals surface area (Å²) in [5, 5.41) is 0. The SMILES string of the molecule is CCN(C)CCc1ccc(-c2ccccc2)cc1. The molecule has 0 aliphatic carbocycles. The van der Waals surface area contributed by atoms with Crippen LogP contribution in [0, 0.1) is 0 Å². The van der Waals surface area contributed by atoms with Crippen LogP contribution in [0.4, 0.5) is 0 Å². The van der Waals surface area contributed by atoms with E-state index in [1.165, 1.54) is 16.7 Å². The number of likely N-dealkylation sites (N-methyl/N-ethyl adjacent to an activating group) is 1. The molecule has 0 N–H and O–H groups in total. The highest BCUT2D eigenvalue weighted by atomic mass is 15.1. The van der Waals surface area contributed by atoms with Crippen molar-refractivity contribution >= 4 is 0 Å². The molecule has 0 aliphatic heterocycles. The molecule has 0 bridgehead atoms. The summed E-state index contributed by atoms with van der Waals surface area (Å²) in [6.45, 7) is 4.43. The lowest BCUT2D eigenvalue weighted by molar-refractivity contribution is 0.357. The van der Waals surface area contributed by atoms with Gasteiger partial charge in [-0.15, -0.1) is 0 Å². The molecule has 0 fully saturated rings. The largest absolute Gasteiger partial charge is 0.306 e. The van der Waals surface area contributed by atoms with Gasteiger partial charge in [0.1, 0.15) is 0 Å². The zero-order valence-electron chi connectivity index (χ0n) is 11.3. The predicted octanol–water partition coefficient (Wildman–Crippen LogP) is 3.85. The first-order valence-electron chi connectivity index (χ1n) is 6.62. The second-order valence-corrected chi connectivity index (χ2v) is 4.71. The molecule has 0 amide bonds. The Balaban J connectivity index is 2.02. The topological polar surface area (TPSA) is 3.24 Å². The van der Waals surface area contributed by atoms with Crippen molar-refractivity contribution < 1.29 is 0 Å². The van der Waals surface area contributed by atoms with Gasteiger partial charge in [-0.3, -0.25) is 0 Å². The molecule has 0 spiro atoms. The van der Waals surface area contributed by atoms with Crippen molar-refractivity contribution in [2.75, 3.05) is 20.1 Å². The number of benzene rings is 2. The van der Waals surface area contributed by atoms with Crippen LogP contribution < -0.4 is 0 Å². The van der Waals surface area contributed by atoms with Gasteiger partial charge in [0.15, 0.2) is 0 Å². The minimum Gasteiger partial charge on any atom is -0.306 e. The van der Waals surface area contributed by atoms with E-state index in [0.717, 1.165) is 19.5 Å². The third kappa shape index (κ3) is 3.44. The molecule has 0 saturated heterocycles. The van der Waals surface area contributed by atoms with Crippen molar-refractivity contribution in [3.05, 3.63) is 60.2 Å². The van der Waals surface area contributed by atoms with Gasteiger partial charge < -0.3 is 4.90 Å². The van der Waals surface area contributed by atoms with Crippen LogP contribution >= 0.6 is 0 Å². The van der Waals surface area contributed by atoms with Crippen LogP contribution in [-0.2, 0) is 6.42 Å². The first kappa shape index (κ1) is 12.8. The van der Waals surface area contributed by atoms with E-state index in [-0.39, 0.29) is 0 Å². The fraction of sp³-hybridized carbons (Fsp3) is 0.294. The smallest absolute Gasteiger partial charge is 0.00187 e. The molecule has 1 nitrogen and oxygen atoms in total. The molecule has 0 unspecified atom stereocenters. The minimum absolute atomic E-state index is 1.11. The van der Waals surface area contributed by atoms with Crippen LogP contribution in [0.2, 0.25) is 0 Å². The van der Waals surface area contributed by atoms with E-state index in [4.69, 9.17) is 0 Å². The van der Waals surface area contributed by atoms with Crippen molar-refractivity contribution in [3.8, 4) is 11.1 Å². The van der Waals surface area contributed by atoms with E-state index < -0.39 is 0 Å². The lowest BCUT2D eigenvalue weighted by atomic mass is 10.0. The normalized spacial score (nSPS) is 10.8. The van der Waals surface area contributed by atoms with E-state index in [1.807, 2.05) is 0 Å². The number of nitrogens with zero attached hydrogens (tertiary/aromatic N) is 1. The van der Waals surface area contributed by atoms with Crippen molar-refractivity contribution in [1.29, 1.82) is 0 Å². The first-order valence-corrected chi connectivity index (χ1v) is 6.62. The fourth-order valence-electron chi connectivity index (χ4n) is 1.97. The molecule has 0 radical (unpaired) electrons. The molecule has 0 heterocycles. The van der Waals surface area contributed by atoms with Gasteiger partial charge in [0, 0.05) is 6.54 Å². The average Bonchev–Trinajstić information content (AvgIpc) is 2.46. The van der Waals surface area contributed by atoms with Crippen LogP contribution in [0.25, 0.3) is 11.1 Å². The number of rotatable bonds is 5. The molecule has 94 valence electrons. The highest BCUT2D eigenvalue weighted by Gasteiger charge is 1.99. The van der Waals surface area contributed by atoms with Crippen LogP contribution in [0.3, 0.4) is 0 Å². The van der Waals surface area contributed by atoms with E-state index in [9.17, 15) is 0 Å². The maximum Gasteiger partial charge on any atom is 0.00187 e. The molecule has 2 rings (SSSR count). The quantitative estimate of drug-likeness (QED) is 0.766. The van der Waals surface area contributed by atoms with Gasteiger partial charge in [-0.05, 0) is 36.7 Å². The van der Waals surface area contributed by atoms with Gasteiger partial charge in [0.05, 0.1) is 0 Å². The van der Waals surface area contributed by atoms with Crippen LogP contribution in [0.5, 0.6) is 0 Å². The van der Waals surface area contributed by atoms with Crippen molar-refractivity contribution in [2.24, 2.45) is 0 Å². The summed E-state index contributed by atoms with van der Waals surface area (Å²) in [6, 6.07) is 19.4. The second kappa shape index (κ2) is 6.36. The summed E-state index contributed by atoms with van der Waals surface area (Å²) in [5.41, 5.74) is 3.99. The molecule has 1 heteroatoms. The Kier molecular flexibility index (Phi) is 4.54. The molecular weight excluding hydrogens is 218 g/mol. The van der Waals surface area contributed by atoms with E-state index in [0.29, 0.717) is 0 Å². The summed E-state index contributed by atoms with van der Waals surface area (Å²) in [6.07, 6.45) is 1.12. The lowest BCUT2D eigenvalue weighted by Crippen LogP contribution is -2.20. The number of hydrogen-bond donors (Lipinski definition) is 0. The molecule has 0 aromatic heterocycles. The van der Waals surface area contributed by atoms with Gasteiger partial charge in [-0.2, -0.15) is 0 Å². The van der Waals surface area contributed by atoms with E-state index in [2.05, 4.69) is 73.5 Å². The predicted molar refractivity (Wildman–Crippen MR) is 78.8 cm³/mol. The molecule has 2 aromatic carbocycles. The highest BCUT2D eigenvalue weighted by Crippen LogP contribution is 2.19. The average molecular weight is 239 g/mol. The Labute approximate surface area is 110 Å². The molecular formula is C17H21N. The number of hydrogen-bond acceptors (Lipinski definition) is 1. The Morgan fingerprint density at radius 1 is 0.833 bits per heavy atom. The monoisotopic (exact) mass is 239 g/mol. The van der Waals surface area contributed by atoms with E-state index in [1.54, 1.807) is 0 Å². The van der Waals surface area contributed by atoms with Crippen molar-refractivity contribution in [3.63, 3.8) is 0 Å². The summed E-state index contributed by atoms with van der Waals surface area (Å²) in [4.78, 5) is 2.34. The van der Waals surface area contributed by atoms with E-state index >= 15 is 0 Å². The Hall–Kier alpha value is -1.60. The van der Waals surface area contributed by atoms with Gasteiger partial charge in [0.2, 0.25) is 0 Å². The summed E-state index contributed by atoms with van der Waals surface area (Å²) < 4.78 is 0. The van der Waals surface area contributed by atoms with Gasteiger partial charge in [-0.25, -0.2) is 0 Å². The van der Waals surface area contributed by atoms with Crippen LogP contribution in [0.15, 0.2) is 54.6 Å². The van der Waals surface area contributed by atoms with Gasteiger partial charge >= 0.3 is 0 Å².